The molecule has 20 nitrogen and oxygen atoms in total. The van der Waals surface area contributed by atoms with Crippen LogP contribution in [0.25, 0.3) is 0 Å². The monoisotopic (exact) mass is 848 g/mol. The Kier molecular flexibility index (Phi) is 22.0. The first-order chi connectivity index (χ1) is 27.9. The summed E-state index contributed by atoms with van der Waals surface area (Å²) in [6.07, 6.45) is -2.65. The number of benzene rings is 1. The SMILES string of the molecule is CCC[C@H](NC(=O)[C@H](CC(C)C)NC(=O)[C@@H](NC(=O)[C@H](Cc1ccccc1C)NC(=O)[C@H](CCC(=O)O)NC(=O)[C@H](CC(=O)O)NC(=O)CCC(=O)O)C(C)(C)C)B(O)O. The number of carboxylic acid groups (broad SMARTS) is 3. The number of carbonyl (C=O) groups is 9. The molecule has 0 bridgehead atoms. The molecule has 0 heterocycles. The molecule has 1 rings (SSSR count). The van der Waals surface area contributed by atoms with Crippen molar-refractivity contribution in [3.63, 3.8) is 0 Å². The van der Waals surface area contributed by atoms with Crippen molar-refractivity contribution in [1.82, 2.24) is 31.9 Å². The van der Waals surface area contributed by atoms with Crippen molar-refractivity contribution in [2.24, 2.45) is 11.3 Å². The Labute approximate surface area is 349 Å². The highest BCUT2D eigenvalue weighted by molar-refractivity contribution is 6.43. The van der Waals surface area contributed by atoms with Crippen molar-refractivity contribution >= 4 is 60.5 Å². The maximum Gasteiger partial charge on any atom is 0.475 e. The molecule has 0 aliphatic carbocycles. The third-order valence-corrected chi connectivity index (χ3v) is 9.24. The molecule has 0 aromatic heterocycles. The smallest absolute Gasteiger partial charge is 0.475 e. The molecule has 60 heavy (non-hydrogen) atoms. The van der Waals surface area contributed by atoms with Crippen LogP contribution in [-0.2, 0) is 49.6 Å². The summed E-state index contributed by atoms with van der Waals surface area (Å²) in [5, 5.41) is 62.1. The molecule has 0 unspecified atom stereocenters. The van der Waals surface area contributed by atoms with Crippen molar-refractivity contribution in [3.8, 4) is 0 Å². The van der Waals surface area contributed by atoms with Gasteiger partial charge in [0.1, 0.15) is 30.2 Å². The molecule has 1 aromatic rings. The molecule has 6 amide bonds. The fraction of sp³-hybridized carbons (Fsp3) is 0.615. The Balaban J connectivity index is 3.56. The zero-order valence-electron chi connectivity index (χ0n) is 35.2. The number of amides is 6. The van der Waals surface area contributed by atoms with Gasteiger partial charge < -0.3 is 57.3 Å². The molecular formula is C39H61BN6O14. The number of carboxylic acids is 3. The lowest BCUT2D eigenvalue weighted by molar-refractivity contribution is -0.142. The molecule has 0 saturated carbocycles. The summed E-state index contributed by atoms with van der Waals surface area (Å²) < 4.78 is 0. The van der Waals surface area contributed by atoms with Gasteiger partial charge in [0, 0.05) is 19.3 Å². The second-order valence-corrected chi connectivity index (χ2v) is 16.1. The predicted molar refractivity (Wildman–Crippen MR) is 216 cm³/mol. The van der Waals surface area contributed by atoms with Crippen LogP contribution >= 0.6 is 0 Å². The van der Waals surface area contributed by atoms with Gasteiger partial charge in [0.2, 0.25) is 35.4 Å². The first-order valence-electron chi connectivity index (χ1n) is 19.7. The first kappa shape index (κ1) is 52.5. The zero-order chi connectivity index (χ0) is 45.9. The van der Waals surface area contributed by atoms with Crippen LogP contribution in [0.3, 0.4) is 0 Å². The van der Waals surface area contributed by atoms with E-state index in [2.05, 4.69) is 31.9 Å². The summed E-state index contributed by atoms with van der Waals surface area (Å²) in [6, 6.07) is -0.571. The third-order valence-electron chi connectivity index (χ3n) is 9.24. The molecular weight excluding hydrogens is 787 g/mol. The van der Waals surface area contributed by atoms with E-state index in [-0.39, 0.29) is 25.2 Å². The molecule has 21 heteroatoms. The van der Waals surface area contributed by atoms with Crippen LogP contribution in [-0.4, -0.2) is 122 Å². The highest BCUT2D eigenvalue weighted by Gasteiger charge is 2.39. The molecule has 1 aromatic carbocycles. The van der Waals surface area contributed by atoms with Crippen LogP contribution in [0.1, 0.15) is 104 Å². The van der Waals surface area contributed by atoms with Gasteiger partial charge in [-0.2, -0.15) is 0 Å². The minimum absolute atomic E-state index is 0.108. The van der Waals surface area contributed by atoms with Crippen molar-refractivity contribution in [1.29, 1.82) is 0 Å². The summed E-state index contributed by atoms with van der Waals surface area (Å²) in [7, 11) is -1.86. The van der Waals surface area contributed by atoms with E-state index in [0.29, 0.717) is 12.0 Å². The zero-order valence-corrected chi connectivity index (χ0v) is 35.2. The van der Waals surface area contributed by atoms with Crippen LogP contribution < -0.4 is 31.9 Å². The standard InChI is InChI=1S/C39H61BN6O14/c1-8-11-28(40(59)60)45-36(56)25(18-21(2)3)44-38(58)33(39(5,6)7)46-37(57)26(19-23-13-10-9-12-22(23)4)43-34(54)24(14-16-30(48)49)42-35(55)27(20-32(52)53)41-29(47)15-17-31(50)51/h9-10,12-13,21,24-28,33,59-60H,8,11,14-20H2,1-7H3,(H,41,47)(H,42,55)(H,43,54)(H,44,58)(H,45,56)(H,46,57)(H,48,49)(H,50,51)(H,52,53)/t24-,25-,26-,27-,28-,33+/m0/s1. The molecule has 0 fully saturated rings. The van der Waals surface area contributed by atoms with Crippen molar-refractivity contribution in [3.05, 3.63) is 35.4 Å². The fourth-order valence-corrected chi connectivity index (χ4v) is 5.99. The minimum Gasteiger partial charge on any atom is -0.481 e. The van der Waals surface area contributed by atoms with Gasteiger partial charge in [-0.15, -0.1) is 0 Å². The van der Waals surface area contributed by atoms with Crippen LogP contribution in [0.4, 0.5) is 0 Å². The summed E-state index contributed by atoms with van der Waals surface area (Å²) in [6.45, 7) is 12.1. The van der Waals surface area contributed by atoms with Crippen LogP contribution in [0.15, 0.2) is 24.3 Å². The van der Waals surface area contributed by atoms with E-state index in [4.69, 9.17) is 5.11 Å². The third kappa shape index (κ3) is 19.5. The van der Waals surface area contributed by atoms with Crippen molar-refractivity contribution in [2.75, 3.05) is 0 Å². The fourth-order valence-electron chi connectivity index (χ4n) is 5.99. The number of carbonyl (C=O) groups excluding carboxylic acids is 6. The minimum atomic E-state index is -1.86. The van der Waals surface area contributed by atoms with Gasteiger partial charge in [-0.1, -0.05) is 72.2 Å². The lowest BCUT2D eigenvalue weighted by atomic mass is 9.76. The molecule has 11 N–H and O–H groups in total. The Morgan fingerprint density at radius 3 is 1.68 bits per heavy atom. The normalized spacial score (nSPS) is 14.2. The maximum absolute atomic E-state index is 14.2. The predicted octanol–water partition coefficient (Wildman–Crippen LogP) is -0.445. The second-order valence-electron chi connectivity index (χ2n) is 16.1. The van der Waals surface area contributed by atoms with Gasteiger partial charge in [-0.3, -0.25) is 43.2 Å². The summed E-state index contributed by atoms with van der Waals surface area (Å²) >= 11 is 0. The van der Waals surface area contributed by atoms with Crippen LogP contribution in [0, 0.1) is 18.3 Å². The molecule has 0 radical (unpaired) electrons. The molecule has 0 saturated heterocycles. The summed E-state index contributed by atoms with van der Waals surface area (Å²) in [5.74, 6) is -10.9. The number of aliphatic carboxylic acids is 3. The number of nitrogens with one attached hydrogen (secondary N) is 6. The van der Waals surface area contributed by atoms with E-state index in [1.165, 1.54) is 0 Å². The molecule has 334 valence electrons. The number of hydrogen-bond donors (Lipinski definition) is 11. The second kappa shape index (κ2) is 25.1. The maximum atomic E-state index is 14.2. The highest BCUT2D eigenvalue weighted by atomic mass is 16.4. The Morgan fingerprint density at radius 2 is 1.17 bits per heavy atom. The Hall–Kier alpha value is -5.57. The number of aryl methyl sites for hydroxylation is 1. The quantitative estimate of drug-likeness (QED) is 0.0527. The van der Waals surface area contributed by atoms with E-state index in [1.807, 2.05) is 13.8 Å². The van der Waals surface area contributed by atoms with Crippen LogP contribution in [0.2, 0.25) is 0 Å². The lowest BCUT2D eigenvalue weighted by Gasteiger charge is -2.34. The average molecular weight is 849 g/mol. The molecule has 6 atom stereocenters. The van der Waals surface area contributed by atoms with Gasteiger partial charge in [-0.05, 0) is 48.6 Å². The van der Waals surface area contributed by atoms with E-state index in [1.54, 1.807) is 58.9 Å². The van der Waals surface area contributed by atoms with E-state index < -0.39 is 134 Å². The van der Waals surface area contributed by atoms with Gasteiger partial charge in [0.15, 0.2) is 0 Å². The molecule has 0 aliphatic heterocycles. The van der Waals surface area contributed by atoms with E-state index in [9.17, 15) is 63.4 Å². The highest BCUT2D eigenvalue weighted by Crippen LogP contribution is 2.21. The van der Waals surface area contributed by atoms with Crippen molar-refractivity contribution in [2.45, 2.75) is 142 Å². The van der Waals surface area contributed by atoms with Gasteiger partial charge in [-0.25, -0.2) is 0 Å². The van der Waals surface area contributed by atoms with E-state index >= 15 is 0 Å². The lowest BCUT2D eigenvalue weighted by Crippen LogP contribution is -2.62. The topological polar surface area (TPSA) is 327 Å². The Morgan fingerprint density at radius 1 is 0.633 bits per heavy atom. The average Bonchev–Trinajstić information content (AvgIpc) is 3.13. The largest absolute Gasteiger partial charge is 0.481 e. The van der Waals surface area contributed by atoms with Crippen LogP contribution in [0.5, 0.6) is 0 Å². The molecule has 0 aliphatic rings. The van der Waals surface area contributed by atoms with Crippen molar-refractivity contribution < 1.29 is 68.5 Å². The number of hydrogen-bond acceptors (Lipinski definition) is 11. The Bertz CT molecular complexity index is 1680. The summed E-state index contributed by atoms with van der Waals surface area (Å²) in [4.78, 5) is 115. The van der Waals surface area contributed by atoms with Gasteiger partial charge in [0.05, 0.1) is 18.8 Å². The van der Waals surface area contributed by atoms with Gasteiger partial charge in [0.25, 0.3) is 0 Å². The first-order valence-corrected chi connectivity index (χ1v) is 19.7. The molecule has 0 spiro atoms. The number of rotatable bonds is 26. The van der Waals surface area contributed by atoms with Gasteiger partial charge >= 0.3 is 25.0 Å². The summed E-state index contributed by atoms with van der Waals surface area (Å²) in [5.41, 5.74) is 0.304. The van der Waals surface area contributed by atoms with E-state index in [0.717, 1.165) is 5.56 Å².